The summed E-state index contributed by atoms with van der Waals surface area (Å²) < 4.78 is 0. The molecule has 1 aliphatic carbocycles. The molecule has 2 amide bonds. The standard InChI is InChI=1S/C14H25N3O3/c1-17-7-2-4-11(10-17)9-15-13(20)16-14(5-3-6-14)8-12(18)19/h11H,2-10H2,1H3,(H,18,19)(H2,15,16,20). The first kappa shape index (κ1) is 15.1. The van der Waals surface area contributed by atoms with Crippen molar-refractivity contribution in [3.63, 3.8) is 0 Å². The van der Waals surface area contributed by atoms with Gasteiger partial charge in [-0.05, 0) is 51.6 Å². The highest BCUT2D eigenvalue weighted by molar-refractivity contribution is 5.77. The molecule has 2 aliphatic rings. The van der Waals surface area contributed by atoms with Crippen molar-refractivity contribution in [2.75, 3.05) is 26.7 Å². The Bertz CT molecular complexity index is 369. The van der Waals surface area contributed by atoms with Gasteiger partial charge in [0.2, 0.25) is 0 Å². The van der Waals surface area contributed by atoms with E-state index in [9.17, 15) is 9.59 Å². The fourth-order valence-corrected chi connectivity index (χ4v) is 3.20. The third-order valence-corrected chi connectivity index (χ3v) is 4.45. The maximum atomic E-state index is 11.9. The topological polar surface area (TPSA) is 81.7 Å². The summed E-state index contributed by atoms with van der Waals surface area (Å²) in [6.45, 7) is 2.81. The first-order valence-corrected chi connectivity index (χ1v) is 7.45. The molecule has 114 valence electrons. The maximum Gasteiger partial charge on any atom is 0.315 e. The summed E-state index contributed by atoms with van der Waals surface area (Å²) in [5, 5.41) is 14.7. The molecule has 1 saturated carbocycles. The van der Waals surface area contributed by atoms with Crippen molar-refractivity contribution in [3.8, 4) is 0 Å². The van der Waals surface area contributed by atoms with Gasteiger partial charge in [-0.25, -0.2) is 4.79 Å². The zero-order valence-corrected chi connectivity index (χ0v) is 12.2. The largest absolute Gasteiger partial charge is 0.481 e. The number of carbonyl (C=O) groups is 2. The van der Waals surface area contributed by atoms with E-state index in [0.29, 0.717) is 12.5 Å². The first-order valence-electron chi connectivity index (χ1n) is 7.45. The van der Waals surface area contributed by atoms with E-state index in [1.54, 1.807) is 0 Å². The summed E-state index contributed by atoms with van der Waals surface area (Å²) in [5.74, 6) is -0.352. The van der Waals surface area contributed by atoms with Crippen LogP contribution < -0.4 is 10.6 Å². The van der Waals surface area contributed by atoms with Gasteiger partial charge in [-0.1, -0.05) is 0 Å². The molecular weight excluding hydrogens is 258 g/mol. The molecule has 1 aliphatic heterocycles. The van der Waals surface area contributed by atoms with Gasteiger partial charge in [0.15, 0.2) is 0 Å². The van der Waals surface area contributed by atoms with Gasteiger partial charge in [0.25, 0.3) is 0 Å². The Kier molecular flexibility index (Phi) is 4.86. The molecule has 0 bridgehead atoms. The lowest BCUT2D eigenvalue weighted by atomic mass is 9.74. The van der Waals surface area contributed by atoms with Crippen LogP contribution in [0.3, 0.4) is 0 Å². The minimum Gasteiger partial charge on any atom is -0.481 e. The molecule has 6 heteroatoms. The van der Waals surface area contributed by atoms with E-state index in [2.05, 4.69) is 22.6 Å². The van der Waals surface area contributed by atoms with Crippen LogP contribution in [0.15, 0.2) is 0 Å². The van der Waals surface area contributed by atoms with Crippen molar-refractivity contribution in [1.82, 2.24) is 15.5 Å². The molecule has 0 aromatic carbocycles. The van der Waals surface area contributed by atoms with Crippen molar-refractivity contribution >= 4 is 12.0 Å². The third kappa shape index (κ3) is 4.10. The molecule has 1 saturated heterocycles. The molecule has 1 atom stereocenters. The van der Waals surface area contributed by atoms with Gasteiger partial charge < -0.3 is 20.6 Å². The normalized spacial score (nSPS) is 25.6. The number of piperidine rings is 1. The predicted molar refractivity (Wildman–Crippen MR) is 75.6 cm³/mol. The highest BCUT2D eigenvalue weighted by Crippen LogP contribution is 2.34. The molecule has 2 fully saturated rings. The van der Waals surface area contributed by atoms with E-state index in [1.807, 2.05) is 0 Å². The second kappa shape index (κ2) is 6.43. The molecule has 1 unspecified atom stereocenters. The number of nitrogens with one attached hydrogen (secondary N) is 2. The number of likely N-dealkylation sites (tertiary alicyclic amines) is 1. The molecule has 0 aromatic heterocycles. The lowest BCUT2D eigenvalue weighted by Crippen LogP contribution is -2.57. The summed E-state index contributed by atoms with van der Waals surface area (Å²) in [5.41, 5.74) is -0.515. The number of aliphatic carboxylic acids is 1. The number of hydrogen-bond acceptors (Lipinski definition) is 3. The van der Waals surface area contributed by atoms with E-state index < -0.39 is 11.5 Å². The smallest absolute Gasteiger partial charge is 0.315 e. The van der Waals surface area contributed by atoms with Gasteiger partial charge in [0.1, 0.15) is 0 Å². The number of nitrogens with zero attached hydrogens (tertiary/aromatic N) is 1. The zero-order valence-electron chi connectivity index (χ0n) is 12.2. The molecular formula is C14H25N3O3. The van der Waals surface area contributed by atoms with Gasteiger partial charge in [0, 0.05) is 13.1 Å². The van der Waals surface area contributed by atoms with Crippen LogP contribution in [-0.4, -0.2) is 54.2 Å². The molecule has 1 heterocycles. The number of carbonyl (C=O) groups excluding carboxylic acids is 1. The van der Waals surface area contributed by atoms with E-state index >= 15 is 0 Å². The minimum absolute atomic E-state index is 0.0204. The molecule has 6 nitrogen and oxygen atoms in total. The average Bonchev–Trinajstić information content (AvgIpc) is 2.33. The van der Waals surface area contributed by atoms with Crippen molar-refractivity contribution in [1.29, 1.82) is 0 Å². The Balaban J connectivity index is 1.73. The van der Waals surface area contributed by atoms with Gasteiger partial charge in [0.05, 0.1) is 12.0 Å². The van der Waals surface area contributed by atoms with Gasteiger partial charge >= 0.3 is 12.0 Å². The fraction of sp³-hybridized carbons (Fsp3) is 0.857. The monoisotopic (exact) mass is 283 g/mol. The van der Waals surface area contributed by atoms with Gasteiger partial charge in [-0.2, -0.15) is 0 Å². The van der Waals surface area contributed by atoms with Gasteiger partial charge in [-0.15, -0.1) is 0 Å². The Morgan fingerprint density at radius 2 is 2.10 bits per heavy atom. The quantitative estimate of drug-likeness (QED) is 0.704. The van der Waals surface area contributed by atoms with Crippen LogP contribution in [0.1, 0.15) is 38.5 Å². The Labute approximate surface area is 119 Å². The first-order chi connectivity index (χ1) is 9.49. The predicted octanol–water partition coefficient (Wildman–Crippen LogP) is 1.02. The molecule has 0 radical (unpaired) electrons. The number of hydrogen-bond donors (Lipinski definition) is 3. The summed E-state index contributed by atoms with van der Waals surface area (Å²) in [6, 6.07) is -0.223. The van der Waals surface area contributed by atoms with Gasteiger partial charge in [-0.3, -0.25) is 4.79 Å². The third-order valence-electron chi connectivity index (χ3n) is 4.45. The Morgan fingerprint density at radius 1 is 1.35 bits per heavy atom. The Hall–Kier alpha value is -1.30. The molecule has 0 spiro atoms. The number of urea groups is 1. The van der Waals surface area contributed by atoms with Crippen LogP contribution in [0.25, 0.3) is 0 Å². The highest BCUT2D eigenvalue weighted by atomic mass is 16.4. The average molecular weight is 283 g/mol. The van der Waals surface area contributed by atoms with E-state index in [4.69, 9.17) is 5.11 Å². The van der Waals surface area contributed by atoms with Crippen LogP contribution in [0.5, 0.6) is 0 Å². The van der Waals surface area contributed by atoms with Crippen LogP contribution in [0.2, 0.25) is 0 Å². The summed E-state index contributed by atoms with van der Waals surface area (Å²) >= 11 is 0. The van der Waals surface area contributed by atoms with Crippen molar-refractivity contribution in [3.05, 3.63) is 0 Å². The lowest BCUT2D eigenvalue weighted by molar-refractivity contribution is -0.139. The number of carboxylic acids is 1. The number of rotatable bonds is 5. The van der Waals surface area contributed by atoms with E-state index in [-0.39, 0.29) is 12.5 Å². The zero-order chi connectivity index (χ0) is 14.6. The van der Waals surface area contributed by atoms with Crippen molar-refractivity contribution < 1.29 is 14.7 Å². The SMILES string of the molecule is CN1CCCC(CNC(=O)NC2(CC(=O)O)CCC2)C1. The second-order valence-corrected chi connectivity index (χ2v) is 6.31. The van der Waals surface area contributed by atoms with Crippen LogP contribution in [0, 0.1) is 5.92 Å². The van der Waals surface area contributed by atoms with E-state index in [1.165, 1.54) is 6.42 Å². The fourth-order valence-electron chi connectivity index (χ4n) is 3.20. The minimum atomic E-state index is -0.848. The van der Waals surface area contributed by atoms with E-state index in [0.717, 1.165) is 38.8 Å². The van der Waals surface area contributed by atoms with Crippen molar-refractivity contribution in [2.24, 2.45) is 5.92 Å². The Morgan fingerprint density at radius 3 is 2.65 bits per heavy atom. The molecule has 3 N–H and O–H groups in total. The summed E-state index contributed by atoms with van der Waals surface area (Å²) in [6.07, 6.45) is 4.85. The van der Waals surface area contributed by atoms with Crippen LogP contribution in [0.4, 0.5) is 4.79 Å². The van der Waals surface area contributed by atoms with Crippen LogP contribution >= 0.6 is 0 Å². The highest BCUT2D eigenvalue weighted by Gasteiger charge is 2.40. The summed E-state index contributed by atoms with van der Waals surface area (Å²) in [4.78, 5) is 25.1. The number of carboxylic acid groups (broad SMARTS) is 1. The number of amides is 2. The molecule has 2 rings (SSSR count). The maximum absolute atomic E-state index is 11.9. The lowest BCUT2D eigenvalue weighted by Gasteiger charge is -2.41. The van der Waals surface area contributed by atoms with Crippen LogP contribution in [-0.2, 0) is 4.79 Å². The summed E-state index contributed by atoms with van der Waals surface area (Å²) in [7, 11) is 2.10. The molecule has 0 aromatic rings. The second-order valence-electron chi connectivity index (χ2n) is 6.31. The molecule has 20 heavy (non-hydrogen) atoms. The van der Waals surface area contributed by atoms with Crippen molar-refractivity contribution in [2.45, 2.75) is 44.1 Å².